The number of phenols is 1. The van der Waals surface area contributed by atoms with Crippen molar-refractivity contribution < 1.29 is 9.90 Å². The molecule has 0 radical (unpaired) electrons. The molecule has 1 amide bonds. The average Bonchev–Trinajstić information content (AvgIpc) is 3.10. The third kappa shape index (κ3) is 3.64. The molecule has 1 saturated carbocycles. The number of hydrogen-bond donors (Lipinski definition) is 2. The van der Waals surface area contributed by atoms with E-state index >= 15 is 0 Å². The van der Waals surface area contributed by atoms with Crippen molar-refractivity contribution in [3.8, 4) is 5.75 Å². The molecule has 0 aromatic heterocycles. The Morgan fingerprint density at radius 2 is 2.10 bits per heavy atom. The number of phenolic OH excluding ortho intramolecular Hbond substituents is 1. The van der Waals surface area contributed by atoms with Gasteiger partial charge in [-0.3, -0.25) is 4.79 Å². The number of carbonyl (C=O) groups excluding carboxylic acids is 1. The molecule has 3 rings (SSSR count). The Morgan fingerprint density at radius 3 is 2.65 bits per heavy atom. The molecule has 1 aliphatic carbocycles. The first-order chi connectivity index (χ1) is 9.22. The number of benzene rings is 1. The minimum absolute atomic E-state index is 0. The van der Waals surface area contributed by atoms with Crippen LogP contribution in [0, 0.1) is 11.8 Å². The lowest BCUT2D eigenvalue weighted by Gasteiger charge is -2.32. The highest BCUT2D eigenvalue weighted by Gasteiger charge is 2.32. The number of amides is 1. The van der Waals surface area contributed by atoms with Gasteiger partial charge >= 0.3 is 0 Å². The SMILES string of the molecule is Cl.O=C(C1CNC1)N(Cc1cccc(O)c1)CC1CC1. The van der Waals surface area contributed by atoms with Crippen LogP contribution in [0.3, 0.4) is 0 Å². The molecule has 2 aliphatic rings. The maximum Gasteiger partial charge on any atom is 0.228 e. The Kier molecular flexibility index (Phi) is 4.89. The van der Waals surface area contributed by atoms with Gasteiger partial charge in [0.05, 0.1) is 5.92 Å². The molecule has 1 saturated heterocycles. The van der Waals surface area contributed by atoms with E-state index in [0.29, 0.717) is 12.5 Å². The Labute approximate surface area is 125 Å². The van der Waals surface area contributed by atoms with Crippen LogP contribution in [0.1, 0.15) is 18.4 Å². The van der Waals surface area contributed by atoms with Crippen LogP contribution in [0.2, 0.25) is 0 Å². The summed E-state index contributed by atoms with van der Waals surface area (Å²) in [4.78, 5) is 14.4. The molecule has 110 valence electrons. The van der Waals surface area contributed by atoms with E-state index in [4.69, 9.17) is 0 Å². The highest BCUT2D eigenvalue weighted by molar-refractivity contribution is 5.85. The maximum absolute atomic E-state index is 12.4. The number of carbonyl (C=O) groups is 1. The predicted octanol–water partition coefficient (Wildman–Crippen LogP) is 1.77. The van der Waals surface area contributed by atoms with E-state index < -0.39 is 0 Å². The summed E-state index contributed by atoms with van der Waals surface area (Å²) >= 11 is 0. The van der Waals surface area contributed by atoms with Crippen LogP contribution in [0.25, 0.3) is 0 Å². The molecule has 5 heteroatoms. The molecule has 0 spiro atoms. The lowest BCUT2D eigenvalue weighted by atomic mass is 10.0. The Morgan fingerprint density at radius 1 is 1.35 bits per heavy atom. The van der Waals surface area contributed by atoms with Gasteiger partial charge in [-0.25, -0.2) is 0 Å². The zero-order valence-electron chi connectivity index (χ0n) is 11.4. The predicted molar refractivity (Wildman–Crippen MR) is 79.9 cm³/mol. The molecular formula is C15H21ClN2O2. The molecule has 20 heavy (non-hydrogen) atoms. The van der Waals surface area contributed by atoms with Gasteiger partial charge in [-0.2, -0.15) is 0 Å². The van der Waals surface area contributed by atoms with E-state index in [-0.39, 0.29) is 30.0 Å². The van der Waals surface area contributed by atoms with Gasteiger partial charge in [0.25, 0.3) is 0 Å². The van der Waals surface area contributed by atoms with Crippen LogP contribution in [0.4, 0.5) is 0 Å². The van der Waals surface area contributed by atoms with E-state index in [1.165, 1.54) is 12.8 Å². The fourth-order valence-corrected chi connectivity index (χ4v) is 2.44. The summed E-state index contributed by atoms with van der Waals surface area (Å²) in [6, 6.07) is 7.19. The van der Waals surface area contributed by atoms with Crippen LogP contribution < -0.4 is 5.32 Å². The highest BCUT2D eigenvalue weighted by atomic mass is 35.5. The van der Waals surface area contributed by atoms with Gasteiger partial charge in [-0.05, 0) is 36.5 Å². The van der Waals surface area contributed by atoms with Crippen molar-refractivity contribution in [2.75, 3.05) is 19.6 Å². The summed E-state index contributed by atoms with van der Waals surface area (Å²) in [5.74, 6) is 1.36. The van der Waals surface area contributed by atoms with E-state index in [1.54, 1.807) is 12.1 Å². The van der Waals surface area contributed by atoms with E-state index in [1.807, 2.05) is 17.0 Å². The number of rotatable bonds is 5. The summed E-state index contributed by atoms with van der Waals surface area (Å²) in [5.41, 5.74) is 1.00. The monoisotopic (exact) mass is 296 g/mol. The largest absolute Gasteiger partial charge is 0.508 e. The molecule has 0 bridgehead atoms. The molecule has 0 unspecified atom stereocenters. The summed E-state index contributed by atoms with van der Waals surface area (Å²) in [6.07, 6.45) is 2.49. The van der Waals surface area contributed by atoms with Crippen LogP contribution in [-0.2, 0) is 11.3 Å². The molecule has 1 aliphatic heterocycles. The second-order valence-corrected chi connectivity index (χ2v) is 5.69. The van der Waals surface area contributed by atoms with Crippen LogP contribution in [0.5, 0.6) is 5.75 Å². The molecule has 2 N–H and O–H groups in total. The fourth-order valence-electron chi connectivity index (χ4n) is 2.44. The first-order valence-electron chi connectivity index (χ1n) is 7.00. The summed E-state index contributed by atoms with van der Waals surface area (Å²) < 4.78 is 0. The van der Waals surface area contributed by atoms with Gasteiger partial charge in [0.2, 0.25) is 5.91 Å². The molecule has 0 atom stereocenters. The van der Waals surface area contributed by atoms with Crippen LogP contribution >= 0.6 is 12.4 Å². The van der Waals surface area contributed by atoms with E-state index in [2.05, 4.69) is 5.32 Å². The van der Waals surface area contributed by atoms with Gasteiger partial charge < -0.3 is 15.3 Å². The maximum atomic E-state index is 12.4. The lowest BCUT2D eigenvalue weighted by Crippen LogP contribution is -2.52. The third-order valence-electron chi connectivity index (χ3n) is 3.90. The topological polar surface area (TPSA) is 52.6 Å². The van der Waals surface area contributed by atoms with Gasteiger partial charge in [0.15, 0.2) is 0 Å². The lowest BCUT2D eigenvalue weighted by molar-refractivity contribution is -0.138. The number of hydrogen-bond acceptors (Lipinski definition) is 3. The van der Waals surface area contributed by atoms with Gasteiger partial charge in [-0.15, -0.1) is 12.4 Å². The minimum atomic E-state index is 0. The van der Waals surface area contributed by atoms with Crippen molar-refractivity contribution in [3.05, 3.63) is 29.8 Å². The smallest absolute Gasteiger partial charge is 0.228 e. The average molecular weight is 297 g/mol. The summed E-state index contributed by atoms with van der Waals surface area (Å²) in [6.45, 7) is 3.09. The van der Waals surface area contributed by atoms with Crippen molar-refractivity contribution in [3.63, 3.8) is 0 Å². The first kappa shape index (κ1) is 15.1. The van der Waals surface area contributed by atoms with Crippen LogP contribution in [0.15, 0.2) is 24.3 Å². The molecule has 1 heterocycles. The molecule has 4 nitrogen and oxygen atoms in total. The fraction of sp³-hybridized carbons (Fsp3) is 0.533. The minimum Gasteiger partial charge on any atom is -0.508 e. The number of nitrogens with one attached hydrogen (secondary N) is 1. The normalized spacial score (nSPS) is 18.0. The standard InChI is InChI=1S/C15H20N2O2.ClH/c18-14-3-1-2-12(6-14)10-17(9-11-4-5-11)15(19)13-7-16-8-13;/h1-3,6,11,13,16,18H,4-5,7-10H2;1H. The van der Waals surface area contributed by atoms with Crippen LogP contribution in [-0.4, -0.2) is 35.5 Å². The van der Waals surface area contributed by atoms with Gasteiger partial charge in [0, 0.05) is 26.2 Å². The van der Waals surface area contributed by atoms with Crippen molar-refractivity contribution >= 4 is 18.3 Å². The number of halogens is 1. The van der Waals surface area contributed by atoms with Gasteiger partial charge in [-0.1, -0.05) is 12.1 Å². The highest BCUT2D eigenvalue weighted by Crippen LogP contribution is 2.31. The molecule has 2 fully saturated rings. The number of nitrogens with zero attached hydrogens (tertiary/aromatic N) is 1. The van der Waals surface area contributed by atoms with Crippen molar-refractivity contribution in [2.24, 2.45) is 11.8 Å². The Hall–Kier alpha value is -1.26. The Bertz CT molecular complexity index is 473. The zero-order valence-corrected chi connectivity index (χ0v) is 12.2. The molecule has 1 aromatic rings. The number of aromatic hydroxyl groups is 1. The molecule has 1 aromatic carbocycles. The van der Waals surface area contributed by atoms with Crippen molar-refractivity contribution in [1.82, 2.24) is 10.2 Å². The second-order valence-electron chi connectivity index (χ2n) is 5.69. The van der Waals surface area contributed by atoms with Crippen molar-refractivity contribution in [1.29, 1.82) is 0 Å². The molecular weight excluding hydrogens is 276 g/mol. The second kappa shape index (κ2) is 6.46. The Balaban J connectivity index is 0.00000147. The third-order valence-corrected chi connectivity index (χ3v) is 3.90. The summed E-state index contributed by atoms with van der Waals surface area (Å²) in [5, 5.41) is 12.7. The van der Waals surface area contributed by atoms with Gasteiger partial charge in [0.1, 0.15) is 5.75 Å². The summed E-state index contributed by atoms with van der Waals surface area (Å²) in [7, 11) is 0. The first-order valence-corrected chi connectivity index (χ1v) is 7.00. The van der Waals surface area contributed by atoms with Crippen molar-refractivity contribution in [2.45, 2.75) is 19.4 Å². The van der Waals surface area contributed by atoms with E-state index in [9.17, 15) is 9.90 Å². The zero-order chi connectivity index (χ0) is 13.2. The van der Waals surface area contributed by atoms with E-state index in [0.717, 1.165) is 25.2 Å². The quantitative estimate of drug-likeness (QED) is 0.871.